The average Bonchev–Trinajstić information content (AvgIpc) is 2.41. The molecule has 0 saturated carbocycles. The fraction of sp³-hybridized carbons (Fsp3) is 0.133. The molecule has 0 aliphatic carbocycles. The van der Waals surface area contributed by atoms with Crippen LogP contribution in [-0.4, -0.2) is 5.11 Å². The molecule has 0 aliphatic rings. The number of aliphatic hydroxyl groups is 1. The van der Waals surface area contributed by atoms with Gasteiger partial charge >= 0.3 is 0 Å². The summed E-state index contributed by atoms with van der Waals surface area (Å²) >= 11 is 0. The van der Waals surface area contributed by atoms with E-state index in [4.69, 9.17) is 10.00 Å². The first-order chi connectivity index (χ1) is 8.72. The van der Waals surface area contributed by atoms with Crippen molar-refractivity contribution in [2.45, 2.75) is 13.5 Å². The van der Waals surface area contributed by atoms with Crippen LogP contribution in [0.25, 0.3) is 0 Å². The van der Waals surface area contributed by atoms with Crippen molar-refractivity contribution in [2.24, 2.45) is 0 Å². The van der Waals surface area contributed by atoms with Gasteiger partial charge in [0.25, 0.3) is 0 Å². The Kier molecular flexibility index (Phi) is 3.61. The SMILES string of the molecule is Cc1ccc(Oc2ccc(C#N)cc2)c(CO)c1. The number of hydrogen-bond donors (Lipinski definition) is 1. The first-order valence-corrected chi connectivity index (χ1v) is 5.61. The summed E-state index contributed by atoms with van der Waals surface area (Å²) in [6.07, 6.45) is 0. The van der Waals surface area contributed by atoms with Crippen LogP contribution in [0.15, 0.2) is 42.5 Å². The zero-order valence-electron chi connectivity index (χ0n) is 10.1. The first-order valence-electron chi connectivity index (χ1n) is 5.61. The summed E-state index contributed by atoms with van der Waals surface area (Å²) in [5.74, 6) is 1.28. The van der Waals surface area contributed by atoms with Crippen molar-refractivity contribution in [3.05, 3.63) is 59.2 Å². The number of hydrogen-bond acceptors (Lipinski definition) is 3. The fourth-order valence-corrected chi connectivity index (χ4v) is 1.66. The van der Waals surface area contributed by atoms with E-state index < -0.39 is 0 Å². The summed E-state index contributed by atoms with van der Waals surface area (Å²) in [7, 11) is 0. The molecule has 0 bridgehead atoms. The second-order valence-corrected chi connectivity index (χ2v) is 4.01. The lowest BCUT2D eigenvalue weighted by atomic mass is 10.1. The summed E-state index contributed by atoms with van der Waals surface area (Å²) in [6, 6.07) is 14.6. The largest absolute Gasteiger partial charge is 0.457 e. The normalized spacial score (nSPS) is 9.83. The molecule has 90 valence electrons. The van der Waals surface area contributed by atoms with Gasteiger partial charge in [-0.05, 0) is 37.3 Å². The molecule has 3 heteroatoms. The molecule has 3 nitrogen and oxygen atoms in total. The van der Waals surface area contributed by atoms with Crippen molar-refractivity contribution < 1.29 is 9.84 Å². The highest BCUT2D eigenvalue weighted by Gasteiger charge is 2.04. The van der Waals surface area contributed by atoms with E-state index in [1.165, 1.54) is 0 Å². The molecule has 0 fully saturated rings. The molecule has 2 aromatic carbocycles. The Bertz CT molecular complexity index is 582. The number of aryl methyl sites for hydroxylation is 1. The van der Waals surface area contributed by atoms with Crippen LogP contribution in [0.3, 0.4) is 0 Å². The molecular formula is C15H13NO2. The molecule has 1 N–H and O–H groups in total. The van der Waals surface area contributed by atoms with Gasteiger partial charge in [0, 0.05) is 5.56 Å². The second-order valence-electron chi connectivity index (χ2n) is 4.01. The highest BCUT2D eigenvalue weighted by Crippen LogP contribution is 2.26. The van der Waals surface area contributed by atoms with E-state index in [9.17, 15) is 5.11 Å². The van der Waals surface area contributed by atoms with Crippen LogP contribution in [0.2, 0.25) is 0 Å². The lowest BCUT2D eigenvalue weighted by molar-refractivity contribution is 0.276. The van der Waals surface area contributed by atoms with Crippen molar-refractivity contribution in [2.75, 3.05) is 0 Å². The Balaban J connectivity index is 2.25. The zero-order chi connectivity index (χ0) is 13.0. The van der Waals surface area contributed by atoms with Gasteiger partial charge in [0.1, 0.15) is 11.5 Å². The van der Waals surface area contributed by atoms with Crippen molar-refractivity contribution in [1.82, 2.24) is 0 Å². The Morgan fingerprint density at radius 1 is 1.17 bits per heavy atom. The molecule has 0 aromatic heterocycles. The van der Waals surface area contributed by atoms with Gasteiger partial charge in [0.15, 0.2) is 0 Å². The molecule has 2 aromatic rings. The molecule has 2 rings (SSSR count). The van der Waals surface area contributed by atoms with E-state index in [0.29, 0.717) is 17.1 Å². The Hall–Kier alpha value is -2.31. The second kappa shape index (κ2) is 5.35. The topological polar surface area (TPSA) is 53.2 Å². The predicted molar refractivity (Wildman–Crippen MR) is 68.3 cm³/mol. The van der Waals surface area contributed by atoms with Crippen molar-refractivity contribution >= 4 is 0 Å². The van der Waals surface area contributed by atoms with Crippen LogP contribution < -0.4 is 4.74 Å². The number of nitriles is 1. The van der Waals surface area contributed by atoms with Crippen molar-refractivity contribution in [3.63, 3.8) is 0 Å². The molecule has 18 heavy (non-hydrogen) atoms. The highest BCUT2D eigenvalue weighted by molar-refractivity contribution is 5.41. The summed E-state index contributed by atoms with van der Waals surface area (Å²) in [4.78, 5) is 0. The van der Waals surface area contributed by atoms with E-state index in [-0.39, 0.29) is 6.61 Å². The highest BCUT2D eigenvalue weighted by atomic mass is 16.5. The maximum absolute atomic E-state index is 9.28. The monoisotopic (exact) mass is 239 g/mol. The molecular weight excluding hydrogens is 226 g/mol. The van der Waals surface area contributed by atoms with E-state index in [0.717, 1.165) is 11.1 Å². The molecule has 0 atom stereocenters. The van der Waals surface area contributed by atoms with Gasteiger partial charge in [-0.15, -0.1) is 0 Å². The zero-order valence-corrected chi connectivity index (χ0v) is 10.1. The van der Waals surface area contributed by atoms with Gasteiger partial charge in [0.05, 0.1) is 18.2 Å². The summed E-state index contributed by atoms with van der Waals surface area (Å²) in [5, 5.41) is 18.0. The summed E-state index contributed by atoms with van der Waals surface area (Å²) < 4.78 is 5.69. The third kappa shape index (κ3) is 2.68. The van der Waals surface area contributed by atoms with Crippen LogP contribution in [0, 0.1) is 18.3 Å². The lowest BCUT2D eigenvalue weighted by Gasteiger charge is -2.10. The average molecular weight is 239 g/mol. The Morgan fingerprint density at radius 3 is 2.50 bits per heavy atom. The maximum atomic E-state index is 9.28. The molecule has 0 radical (unpaired) electrons. The molecule has 0 amide bonds. The van der Waals surface area contributed by atoms with E-state index in [1.54, 1.807) is 24.3 Å². The van der Waals surface area contributed by atoms with Gasteiger partial charge in [-0.3, -0.25) is 0 Å². The van der Waals surface area contributed by atoms with Gasteiger partial charge in [0.2, 0.25) is 0 Å². The van der Waals surface area contributed by atoms with E-state index >= 15 is 0 Å². The van der Waals surface area contributed by atoms with Crippen LogP contribution in [0.5, 0.6) is 11.5 Å². The Morgan fingerprint density at radius 2 is 1.89 bits per heavy atom. The third-order valence-electron chi connectivity index (χ3n) is 2.60. The number of aliphatic hydroxyl groups excluding tert-OH is 1. The summed E-state index contributed by atoms with van der Waals surface area (Å²) in [5.41, 5.74) is 2.42. The quantitative estimate of drug-likeness (QED) is 0.895. The number of nitrogens with zero attached hydrogens (tertiary/aromatic N) is 1. The molecule has 0 heterocycles. The van der Waals surface area contributed by atoms with E-state index in [2.05, 4.69) is 6.07 Å². The third-order valence-corrected chi connectivity index (χ3v) is 2.60. The molecule has 0 spiro atoms. The molecule has 0 saturated heterocycles. The number of benzene rings is 2. The number of ether oxygens (including phenoxy) is 1. The summed E-state index contributed by atoms with van der Waals surface area (Å²) in [6.45, 7) is 1.90. The maximum Gasteiger partial charge on any atom is 0.132 e. The van der Waals surface area contributed by atoms with Gasteiger partial charge in [-0.25, -0.2) is 0 Å². The number of rotatable bonds is 3. The van der Waals surface area contributed by atoms with Crippen molar-refractivity contribution in [1.29, 1.82) is 5.26 Å². The molecule has 0 unspecified atom stereocenters. The van der Waals surface area contributed by atoms with Crippen LogP contribution in [-0.2, 0) is 6.61 Å². The van der Waals surface area contributed by atoms with Crippen LogP contribution in [0.1, 0.15) is 16.7 Å². The van der Waals surface area contributed by atoms with Gasteiger partial charge in [-0.1, -0.05) is 17.7 Å². The van der Waals surface area contributed by atoms with E-state index in [1.807, 2.05) is 25.1 Å². The lowest BCUT2D eigenvalue weighted by Crippen LogP contribution is -1.92. The van der Waals surface area contributed by atoms with Crippen LogP contribution >= 0.6 is 0 Å². The van der Waals surface area contributed by atoms with Crippen LogP contribution in [0.4, 0.5) is 0 Å². The van der Waals surface area contributed by atoms with Crippen molar-refractivity contribution in [3.8, 4) is 17.6 Å². The fourth-order valence-electron chi connectivity index (χ4n) is 1.66. The van der Waals surface area contributed by atoms with Gasteiger partial charge in [-0.2, -0.15) is 5.26 Å². The minimum Gasteiger partial charge on any atom is -0.457 e. The molecule has 0 aliphatic heterocycles. The minimum absolute atomic E-state index is 0.0622. The smallest absolute Gasteiger partial charge is 0.132 e. The standard InChI is InChI=1S/C15H13NO2/c1-11-2-7-15(13(8-11)10-17)18-14-5-3-12(9-16)4-6-14/h2-8,17H,10H2,1H3. The first kappa shape index (κ1) is 12.2. The van der Waals surface area contributed by atoms with Gasteiger partial charge < -0.3 is 9.84 Å². The predicted octanol–water partition coefficient (Wildman–Crippen LogP) is 3.15. The minimum atomic E-state index is -0.0622. The Labute approximate surface area is 106 Å².